The standard InChI is InChI=1S/C17H21N3O4/c1-22-10-14-7-13(19-20-14)8-18-17(21)12-5-11-6-15(23-2)3-4-16(11)24-9-12/h3-4,6-7,12H,5,8-10H2,1-2H3,(H,18,21)(H,19,20). The van der Waals surface area contributed by atoms with Crippen LogP contribution in [0.1, 0.15) is 17.0 Å². The summed E-state index contributed by atoms with van der Waals surface area (Å²) in [4.78, 5) is 12.4. The summed E-state index contributed by atoms with van der Waals surface area (Å²) in [6.07, 6.45) is 0.635. The number of hydrogen-bond donors (Lipinski definition) is 2. The van der Waals surface area contributed by atoms with Gasteiger partial charge in [-0.2, -0.15) is 5.10 Å². The third kappa shape index (κ3) is 3.68. The second-order valence-electron chi connectivity index (χ2n) is 5.72. The van der Waals surface area contributed by atoms with Gasteiger partial charge < -0.3 is 19.5 Å². The van der Waals surface area contributed by atoms with Gasteiger partial charge in [-0.15, -0.1) is 0 Å². The Hall–Kier alpha value is -2.54. The highest BCUT2D eigenvalue weighted by molar-refractivity contribution is 5.79. The van der Waals surface area contributed by atoms with Crippen molar-refractivity contribution < 1.29 is 19.0 Å². The molecule has 128 valence electrons. The molecule has 0 saturated heterocycles. The summed E-state index contributed by atoms with van der Waals surface area (Å²) in [5.41, 5.74) is 2.64. The molecule has 0 saturated carbocycles. The molecule has 2 heterocycles. The van der Waals surface area contributed by atoms with E-state index >= 15 is 0 Å². The molecule has 1 unspecified atom stereocenters. The number of nitrogens with one attached hydrogen (secondary N) is 2. The molecular weight excluding hydrogens is 310 g/mol. The Labute approximate surface area is 140 Å². The average Bonchev–Trinajstić information content (AvgIpc) is 3.06. The van der Waals surface area contributed by atoms with Gasteiger partial charge in [-0.1, -0.05) is 0 Å². The predicted octanol–water partition coefficient (Wildman–Crippen LogP) is 1.43. The second kappa shape index (κ2) is 7.35. The van der Waals surface area contributed by atoms with Crippen LogP contribution in [0.25, 0.3) is 0 Å². The SMILES string of the molecule is COCc1cc(CNC(=O)C2COc3ccc(OC)cc3C2)[nH]n1. The van der Waals surface area contributed by atoms with Crippen molar-refractivity contribution in [1.82, 2.24) is 15.5 Å². The van der Waals surface area contributed by atoms with Crippen LogP contribution in [-0.2, 0) is 29.1 Å². The number of methoxy groups -OCH3 is 2. The van der Waals surface area contributed by atoms with Crippen molar-refractivity contribution in [3.05, 3.63) is 41.2 Å². The van der Waals surface area contributed by atoms with E-state index in [9.17, 15) is 4.79 Å². The number of benzene rings is 1. The van der Waals surface area contributed by atoms with Crippen LogP contribution in [-0.4, -0.2) is 36.9 Å². The minimum Gasteiger partial charge on any atom is -0.497 e. The zero-order valence-corrected chi connectivity index (χ0v) is 13.8. The number of amides is 1. The van der Waals surface area contributed by atoms with Crippen LogP contribution in [0.4, 0.5) is 0 Å². The van der Waals surface area contributed by atoms with Crippen LogP contribution in [0.15, 0.2) is 24.3 Å². The lowest BCUT2D eigenvalue weighted by molar-refractivity contribution is -0.126. The Balaban J connectivity index is 1.57. The average molecular weight is 331 g/mol. The predicted molar refractivity (Wildman–Crippen MR) is 86.8 cm³/mol. The number of hydrogen-bond acceptors (Lipinski definition) is 5. The van der Waals surface area contributed by atoms with E-state index in [1.165, 1.54) is 0 Å². The lowest BCUT2D eigenvalue weighted by Crippen LogP contribution is -2.37. The third-order valence-corrected chi connectivity index (χ3v) is 3.97. The summed E-state index contributed by atoms with van der Waals surface area (Å²) in [5.74, 6) is 1.33. The summed E-state index contributed by atoms with van der Waals surface area (Å²) in [5, 5.41) is 9.91. The van der Waals surface area contributed by atoms with Crippen LogP contribution in [0, 0.1) is 5.92 Å². The van der Waals surface area contributed by atoms with Gasteiger partial charge in [0.15, 0.2) is 0 Å². The number of rotatable bonds is 6. The van der Waals surface area contributed by atoms with Crippen molar-refractivity contribution in [2.45, 2.75) is 19.6 Å². The summed E-state index contributed by atoms with van der Waals surface area (Å²) in [6, 6.07) is 7.53. The molecule has 24 heavy (non-hydrogen) atoms. The minimum atomic E-state index is -0.217. The van der Waals surface area contributed by atoms with E-state index in [1.54, 1.807) is 14.2 Å². The quantitative estimate of drug-likeness (QED) is 0.836. The van der Waals surface area contributed by atoms with Gasteiger partial charge in [-0.3, -0.25) is 9.89 Å². The van der Waals surface area contributed by atoms with Crippen molar-refractivity contribution >= 4 is 5.91 Å². The number of nitrogens with zero attached hydrogens (tertiary/aromatic N) is 1. The number of ether oxygens (including phenoxy) is 3. The fourth-order valence-corrected chi connectivity index (χ4v) is 2.71. The Kier molecular flexibility index (Phi) is 5.00. The molecule has 0 bridgehead atoms. The highest BCUT2D eigenvalue weighted by Crippen LogP contribution is 2.30. The van der Waals surface area contributed by atoms with E-state index in [-0.39, 0.29) is 11.8 Å². The molecule has 0 aliphatic carbocycles. The number of H-pyrrole nitrogens is 1. The fraction of sp³-hybridized carbons (Fsp3) is 0.412. The smallest absolute Gasteiger partial charge is 0.227 e. The number of aromatic amines is 1. The van der Waals surface area contributed by atoms with Gasteiger partial charge in [0, 0.05) is 7.11 Å². The topological polar surface area (TPSA) is 85.5 Å². The molecule has 7 heteroatoms. The van der Waals surface area contributed by atoms with Gasteiger partial charge in [0.05, 0.1) is 37.6 Å². The van der Waals surface area contributed by atoms with Crippen LogP contribution < -0.4 is 14.8 Å². The highest BCUT2D eigenvalue weighted by Gasteiger charge is 2.26. The first-order valence-electron chi connectivity index (χ1n) is 7.79. The summed E-state index contributed by atoms with van der Waals surface area (Å²) in [6.45, 7) is 1.22. The molecule has 1 aliphatic heterocycles. The molecule has 7 nitrogen and oxygen atoms in total. The third-order valence-electron chi connectivity index (χ3n) is 3.97. The molecule has 3 rings (SSSR count). The Morgan fingerprint density at radius 2 is 2.29 bits per heavy atom. The first-order valence-corrected chi connectivity index (χ1v) is 7.79. The largest absolute Gasteiger partial charge is 0.497 e. The van der Waals surface area contributed by atoms with Crippen LogP contribution in [0.5, 0.6) is 11.5 Å². The Morgan fingerprint density at radius 1 is 1.42 bits per heavy atom. The molecule has 1 aromatic heterocycles. The van der Waals surface area contributed by atoms with Crippen molar-refractivity contribution in [3.8, 4) is 11.5 Å². The maximum absolute atomic E-state index is 12.4. The second-order valence-corrected chi connectivity index (χ2v) is 5.72. The molecule has 2 aromatic rings. The van der Waals surface area contributed by atoms with Crippen molar-refractivity contribution in [2.75, 3.05) is 20.8 Å². The van der Waals surface area contributed by atoms with Gasteiger partial charge in [-0.25, -0.2) is 0 Å². The van der Waals surface area contributed by atoms with E-state index in [0.29, 0.717) is 26.2 Å². The molecule has 1 aromatic carbocycles. The lowest BCUT2D eigenvalue weighted by atomic mass is 9.96. The van der Waals surface area contributed by atoms with Crippen LogP contribution >= 0.6 is 0 Å². The number of carbonyl (C=O) groups excluding carboxylic acids is 1. The first-order chi connectivity index (χ1) is 11.7. The van der Waals surface area contributed by atoms with Crippen molar-refractivity contribution in [3.63, 3.8) is 0 Å². The van der Waals surface area contributed by atoms with Gasteiger partial charge in [-0.05, 0) is 36.2 Å². The molecule has 0 radical (unpaired) electrons. The zero-order valence-electron chi connectivity index (χ0n) is 13.8. The van der Waals surface area contributed by atoms with Crippen LogP contribution in [0.2, 0.25) is 0 Å². The molecule has 2 N–H and O–H groups in total. The van der Waals surface area contributed by atoms with E-state index < -0.39 is 0 Å². The van der Waals surface area contributed by atoms with Gasteiger partial charge >= 0.3 is 0 Å². The van der Waals surface area contributed by atoms with Crippen molar-refractivity contribution in [2.24, 2.45) is 5.92 Å². The normalized spacial score (nSPS) is 16.2. The number of aromatic nitrogens is 2. The highest BCUT2D eigenvalue weighted by atomic mass is 16.5. The van der Waals surface area contributed by atoms with E-state index in [0.717, 1.165) is 28.5 Å². The Bertz CT molecular complexity index is 714. The zero-order chi connectivity index (χ0) is 16.9. The Morgan fingerprint density at radius 3 is 3.08 bits per heavy atom. The van der Waals surface area contributed by atoms with E-state index in [2.05, 4.69) is 15.5 Å². The summed E-state index contributed by atoms with van der Waals surface area (Å²) >= 11 is 0. The molecule has 1 atom stereocenters. The van der Waals surface area contributed by atoms with Crippen LogP contribution in [0.3, 0.4) is 0 Å². The van der Waals surface area contributed by atoms with Gasteiger partial charge in [0.1, 0.15) is 18.1 Å². The molecule has 1 aliphatic rings. The maximum atomic E-state index is 12.4. The summed E-state index contributed by atoms with van der Waals surface area (Å²) < 4.78 is 15.9. The first kappa shape index (κ1) is 16.3. The summed E-state index contributed by atoms with van der Waals surface area (Å²) in [7, 11) is 3.24. The minimum absolute atomic E-state index is 0.0358. The molecule has 0 fully saturated rings. The van der Waals surface area contributed by atoms with E-state index in [4.69, 9.17) is 14.2 Å². The van der Waals surface area contributed by atoms with Crippen molar-refractivity contribution in [1.29, 1.82) is 0 Å². The molecule has 1 amide bonds. The molecule has 0 spiro atoms. The number of fused-ring (bicyclic) bond motifs is 1. The maximum Gasteiger partial charge on any atom is 0.227 e. The lowest BCUT2D eigenvalue weighted by Gasteiger charge is -2.24. The molecular formula is C17H21N3O4. The monoisotopic (exact) mass is 331 g/mol. The number of carbonyl (C=O) groups is 1. The van der Waals surface area contributed by atoms with Gasteiger partial charge in [0.2, 0.25) is 5.91 Å². The fourth-order valence-electron chi connectivity index (χ4n) is 2.71. The van der Waals surface area contributed by atoms with E-state index in [1.807, 2.05) is 24.3 Å². The van der Waals surface area contributed by atoms with Gasteiger partial charge in [0.25, 0.3) is 0 Å².